The number of hydrogen-bond donors (Lipinski definition) is 1. The first-order valence-corrected chi connectivity index (χ1v) is 10.6. The van der Waals surface area contributed by atoms with Crippen LogP contribution in [-0.4, -0.2) is 10.9 Å². The summed E-state index contributed by atoms with van der Waals surface area (Å²) in [6, 6.07) is 14.6. The third kappa shape index (κ3) is 5.65. The van der Waals surface area contributed by atoms with E-state index in [2.05, 4.69) is 24.1 Å². The minimum absolute atomic E-state index is 0.0942. The Bertz CT molecular complexity index is 907. The van der Waals surface area contributed by atoms with Gasteiger partial charge in [-0.3, -0.25) is 4.79 Å². The van der Waals surface area contributed by atoms with Crippen molar-refractivity contribution in [3.63, 3.8) is 0 Å². The molecule has 0 saturated carbocycles. The minimum Gasteiger partial charge on any atom is -0.326 e. The number of halogens is 1. The number of nitrogens with one attached hydrogen (secondary N) is 1. The molecule has 1 N–H and O–H groups in total. The molecule has 0 aliphatic carbocycles. The molecule has 6 heteroatoms. The minimum atomic E-state index is -0.204. The lowest BCUT2D eigenvalue weighted by Crippen LogP contribution is -2.14. The molecular weight excluding hydrogens is 379 g/mol. The number of hydrogen-bond acceptors (Lipinski definition) is 4. The number of thiazole rings is 1. The lowest BCUT2D eigenvalue weighted by molar-refractivity contribution is -0.115. The van der Waals surface area contributed by atoms with E-state index in [9.17, 15) is 9.18 Å². The summed E-state index contributed by atoms with van der Waals surface area (Å²) in [7, 11) is 0. The Hall–Kier alpha value is -2.18. The van der Waals surface area contributed by atoms with Gasteiger partial charge in [0.2, 0.25) is 5.91 Å². The highest BCUT2D eigenvalue weighted by atomic mass is 32.2. The van der Waals surface area contributed by atoms with Gasteiger partial charge in [-0.1, -0.05) is 55.9 Å². The molecule has 0 radical (unpaired) electrons. The maximum absolute atomic E-state index is 13.7. The monoisotopic (exact) mass is 400 g/mol. The molecule has 1 aromatic heterocycles. The first-order valence-electron chi connectivity index (χ1n) is 8.71. The second kappa shape index (κ2) is 9.15. The van der Waals surface area contributed by atoms with Crippen LogP contribution in [0.2, 0.25) is 0 Å². The molecule has 0 bridgehead atoms. The number of carbonyl (C=O) groups is 1. The van der Waals surface area contributed by atoms with Crippen LogP contribution >= 0.6 is 23.1 Å². The summed E-state index contributed by atoms with van der Waals surface area (Å²) in [5, 5.41) is 4.78. The number of benzene rings is 2. The van der Waals surface area contributed by atoms with Crippen LogP contribution in [-0.2, 0) is 17.0 Å². The second-order valence-corrected chi connectivity index (χ2v) is 8.57. The van der Waals surface area contributed by atoms with Gasteiger partial charge >= 0.3 is 0 Å². The molecule has 1 heterocycles. The summed E-state index contributed by atoms with van der Waals surface area (Å²) in [5.74, 6) is 0.687. The highest BCUT2D eigenvalue weighted by Gasteiger charge is 2.10. The summed E-state index contributed by atoms with van der Waals surface area (Å²) in [6.07, 6.45) is 0.225. The Morgan fingerprint density at radius 1 is 1.19 bits per heavy atom. The maximum atomic E-state index is 13.7. The zero-order valence-electron chi connectivity index (χ0n) is 15.2. The van der Waals surface area contributed by atoms with Crippen LogP contribution in [0.15, 0.2) is 58.3 Å². The van der Waals surface area contributed by atoms with Gasteiger partial charge in [0.15, 0.2) is 0 Å². The third-order valence-electron chi connectivity index (χ3n) is 4.04. The van der Waals surface area contributed by atoms with Gasteiger partial charge in [-0.15, -0.1) is 11.3 Å². The lowest BCUT2D eigenvalue weighted by Gasteiger charge is -2.08. The summed E-state index contributed by atoms with van der Waals surface area (Å²) in [6.45, 7) is 4.27. The molecule has 0 aliphatic heterocycles. The number of amides is 1. The fraction of sp³-hybridized carbons (Fsp3) is 0.238. The molecule has 0 saturated heterocycles. The molecule has 0 aliphatic rings. The van der Waals surface area contributed by atoms with E-state index in [1.807, 2.05) is 35.7 Å². The van der Waals surface area contributed by atoms with Crippen molar-refractivity contribution in [3.8, 4) is 0 Å². The summed E-state index contributed by atoms with van der Waals surface area (Å²) in [4.78, 5) is 16.7. The quantitative estimate of drug-likeness (QED) is 0.504. The Balaban J connectivity index is 1.52. The topological polar surface area (TPSA) is 42.0 Å². The molecule has 0 unspecified atom stereocenters. The maximum Gasteiger partial charge on any atom is 0.230 e. The van der Waals surface area contributed by atoms with E-state index in [0.717, 1.165) is 15.7 Å². The average molecular weight is 401 g/mol. The Kier molecular flexibility index (Phi) is 6.63. The largest absolute Gasteiger partial charge is 0.326 e. The Morgan fingerprint density at radius 3 is 2.63 bits per heavy atom. The molecule has 1 amide bonds. The van der Waals surface area contributed by atoms with Gasteiger partial charge in [0.25, 0.3) is 0 Å². The van der Waals surface area contributed by atoms with Crippen LogP contribution in [0, 0.1) is 5.82 Å². The molecule has 3 rings (SSSR count). The Morgan fingerprint density at radius 2 is 1.93 bits per heavy atom. The van der Waals surface area contributed by atoms with Crippen LogP contribution in [0.1, 0.15) is 36.6 Å². The first-order chi connectivity index (χ1) is 13.0. The van der Waals surface area contributed by atoms with Crippen molar-refractivity contribution in [3.05, 3.63) is 76.5 Å². The van der Waals surface area contributed by atoms with Gasteiger partial charge in [0, 0.05) is 16.8 Å². The highest BCUT2D eigenvalue weighted by molar-refractivity contribution is 8.00. The van der Waals surface area contributed by atoms with E-state index in [4.69, 9.17) is 0 Å². The average Bonchev–Trinajstić information content (AvgIpc) is 3.08. The van der Waals surface area contributed by atoms with Gasteiger partial charge in [-0.25, -0.2) is 9.37 Å². The molecule has 0 fully saturated rings. The molecule has 3 nitrogen and oxygen atoms in total. The molecule has 27 heavy (non-hydrogen) atoms. The number of thioether (sulfide) groups is 1. The molecule has 0 spiro atoms. The van der Waals surface area contributed by atoms with Crippen LogP contribution in [0.5, 0.6) is 0 Å². The number of carbonyl (C=O) groups excluding carboxylic acids is 1. The molecule has 140 valence electrons. The van der Waals surface area contributed by atoms with Crippen LogP contribution < -0.4 is 5.32 Å². The lowest BCUT2D eigenvalue weighted by atomic mass is 10.0. The number of nitrogens with zero attached hydrogens (tertiary/aromatic N) is 1. The van der Waals surface area contributed by atoms with Crippen molar-refractivity contribution in [1.29, 1.82) is 0 Å². The van der Waals surface area contributed by atoms with E-state index in [0.29, 0.717) is 17.2 Å². The number of rotatable bonds is 7. The van der Waals surface area contributed by atoms with Crippen molar-refractivity contribution >= 4 is 34.7 Å². The predicted molar refractivity (Wildman–Crippen MR) is 111 cm³/mol. The molecule has 3 aromatic rings. The van der Waals surface area contributed by atoms with Crippen molar-refractivity contribution in [2.45, 2.75) is 36.3 Å². The zero-order valence-corrected chi connectivity index (χ0v) is 16.9. The highest BCUT2D eigenvalue weighted by Crippen LogP contribution is 2.27. The number of aromatic nitrogens is 1. The summed E-state index contributed by atoms with van der Waals surface area (Å²) >= 11 is 2.96. The van der Waals surface area contributed by atoms with E-state index in [1.165, 1.54) is 34.7 Å². The molecule has 2 aromatic carbocycles. The van der Waals surface area contributed by atoms with Crippen molar-refractivity contribution in [2.24, 2.45) is 0 Å². The normalized spacial score (nSPS) is 11.0. The first kappa shape index (κ1) is 19.6. The molecular formula is C21H21FN2OS2. The summed E-state index contributed by atoms with van der Waals surface area (Å²) in [5.41, 5.74) is 3.41. The smallest absolute Gasteiger partial charge is 0.230 e. The van der Waals surface area contributed by atoms with Crippen molar-refractivity contribution in [2.75, 3.05) is 5.32 Å². The van der Waals surface area contributed by atoms with Gasteiger partial charge in [0.05, 0.1) is 12.1 Å². The predicted octanol–water partition coefficient (Wildman–Crippen LogP) is 5.88. The van der Waals surface area contributed by atoms with E-state index < -0.39 is 0 Å². The fourth-order valence-corrected chi connectivity index (χ4v) is 4.34. The zero-order chi connectivity index (χ0) is 19.2. The van der Waals surface area contributed by atoms with Crippen molar-refractivity contribution < 1.29 is 9.18 Å². The third-order valence-corrected chi connectivity index (χ3v) is 6.16. The summed E-state index contributed by atoms with van der Waals surface area (Å²) < 4.78 is 14.5. The van der Waals surface area contributed by atoms with E-state index in [1.54, 1.807) is 12.1 Å². The Labute approximate surface area is 167 Å². The number of anilines is 1. The van der Waals surface area contributed by atoms with Crippen molar-refractivity contribution in [1.82, 2.24) is 4.98 Å². The van der Waals surface area contributed by atoms with Gasteiger partial charge in [-0.05, 0) is 35.2 Å². The van der Waals surface area contributed by atoms with Gasteiger partial charge < -0.3 is 5.32 Å². The van der Waals surface area contributed by atoms with Crippen LogP contribution in [0.4, 0.5) is 10.1 Å². The molecule has 0 atom stereocenters. The fourth-order valence-electron chi connectivity index (χ4n) is 2.51. The van der Waals surface area contributed by atoms with Gasteiger partial charge in [0.1, 0.15) is 10.2 Å². The standard InChI is InChI=1S/C21H21FN2OS2/c1-14(2)15-7-9-17(10-8-15)23-20(25)11-18-13-27-21(24-18)26-12-16-5-3-4-6-19(16)22/h3-10,13-14H,11-12H2,1-2H3,(H,23,25). The van der Waals surface area contributed by atoms with E-state index >= 15 is 0 Å². The second-order valence-electron chi connectivity index (χ2n) is 6.49. The van der Waals surface area contributed by atoms with Crippen LogP contribution in [0.3, 0.4) is 0 Å². The van der Waals surface area contributed by atoms with E-state index in [-0.39, 0.29) is 18.1 Å². The van der Waals surface area contributed by atoms with Crippen LogP contribution in [0.25, 0.3) is 0 Å². The van der Waals surface area contributed by atoms with Gasteiger partial charge in [-0.2, -0.15) is 0 Å². The SMILES string of the molecule is CC(C)c1ccc(NC(=O)Cc2csc(SCc3ccccc3F)n2)cc1.